The number of nitrogens with zero attached hydrogens (tertiary/aromatic N) is 2. The molecule has 0 aliphatic carbocycles. The molecular weight excluding hydrogens is 619 g/mol. The predicted molar refractivity (Wildman–Crippen MR) is 173 cm³/mol. The van der Waals surface area contributed by atoms with Crippen molar-refractivity contribution in [2.75, 3.05) is 73.9 Å². The summed E-state index contributed by atoms with van der Waals surface area (Å²) in [5.74, 6) is -0.0113. The number of carboxylic acid groups (broad SMARTS) is 1. The van der Waals surface area contributed by atoms with Gasteiger partial charge in [0.15, 0.2) is 11.5 Å². The predicted octanol–water partition coefficient (Wildman–Crippen LogP) is 5.31. The van der Waals surface area contributed by atoms with E-state index in [1.165, 1.54) is 44.6 Å². The van der Waals surface area contributed by atoms with Crippen molar-refractivity contribution in [3.8, 4) is 17.2 Å². The molecule has 43 heavy (non-hydrogen) atoms. The first-order chi connectivity index (χ1) is 19.9. The summed E-state index contributed by atoms with van der Waals surface area (Å²) in [4.78, 5) is 15.8. The second-order valence-corrected chi connectivity index (χ2v) is 9.73. The molecule has 1 fully saturated rings. The van der Waals surface area contributed by atoms with Crippen LogP contribution in [0.5, 0.6) is 17.2 Å². The smallest absolute Gasteiger partial charge is 0.335 e. The van der Waals surface area contributed by atoms with Crippen LogP contribution in [0.25, 0.3) is 0 Å². The molecule has 0 radical (unpaired) electrons. The van der Waals surface area contributed by atoms with Crippen LogP contribution < -0.4 is 14.2 Å². The van der Waals surface area contributed by atoms with Gasteiger partial charge in [-0.3, -0.25) is 9.80 Å². The fourth-order valence-electron chi connectivity index (χ4n) is 4.70. The second-order valence-electron chi connectivity index (χ2n) is 9.30. The van der Waals surface area contributed by atoms with Crippen LogP contribution in [0.15, 0.2) is 66.7 Å². The Balaban J connectivity index is 0.000000469. The summed E-state index contributed by atoms with van der Waals surface area (Å²) >= 11 is 6.09. The third kappa shape index (κ3) is 11.4. The van der Waals surface area contributed by atoms with E-state index in [0.29, 0.717) is 30.5 Å². The van der Waals surface area contributed by atoms with Crippen molar-refractivity contribution in [2.45, 2.75) is 6.04 Å². The van der Waals surface area contributed by atoms with Gasteiger partial charge in [-0.05, 0) is 35.4 Å². The molecule has 1 aliphatic heterocycles. The first-order valence-electron chi connectivity index (χ1n) is 13.4. The van der Waals surface area contributed by atoms with E-state index in [9.17, 15) is 4.79 Å². The van der Waals surface area contributed by atoms with Crippen molar-refractivity contribution >= 4 is 42.4 Å². The van der Waals surface area contributed by atoms with Gasteiger partial charge >= 0.3 is 5.97 Å². The fourth-order valence-corrected chi connectivity index (χ4v) is 4.83. The van der Waals surface area contributed by atoms with E-state index < -0.39 is 5.97 Å². The molecule has 1 heterocycles. The normalized spacial score (nSPS) is 13.8. The van der Waals surface area contributed by atoms with Crippen molar-refractivity contribution in [2.24, 2.45) is 0 Å². The molecule has 1 atom stereocenters. The van der Waals surface area contributed by atoms with Gasteiger partial charge in [0, 0.05) is 37.7 Å². The number of aliphatic hydroxyl groups excluding tert-OH is 1. The fraction of sp³-hybridized carbons (Fsp3) is 0.387. The van der Waals surface area contributed by atoms with Gasteiger partial charge in [0.05, 0.1) is 52.8 Å². The lowest BCUT2D eigenvalue weighted by Crippen LogP contribution is -2.48. The molecule has 0 spiro atoms. The standard InChI is InChI=1S/C21H27ClN2O2.C10H12O5.2ClH/c22-20-8-6-19(7-9-20)21(18-4-2-1-3-5-18)24-12-10-23(11-13-24)14-16-26-17-15-25;1-13-7-4-6(10(11)12)5-8(14-2)9(7)15-3;;/h1-9,21,25H,10-17H2;4-5H,1-3H3,(H,11,12);2*1H. The Morgan fingerprint density at radius 1 is 0.837 bits per heavy atom. The minimum Gasteiger partial charge on any atom is -0.493 e. The minimum atomic E-state index is -1.05. The maximum Gasteiger partial charge on any atom is 0.335 e. The van der Waals surface area contributed by atoms with E-state index in [0.717, 1.165) is 37.7 Å². The molecule has 9 nitrogen and oxygen atoms in total. The summed E-state index contributed by atoms with van der Waals surface area (Å²) in [6.07, 6.45) is 0. The molecule has 1 aliphatic rings. The number of halogens is 3. The SMILES string of the molecule is COc1cc(C(=O)O)cc(OC)c1OC.Cl.Cl.OCCOCCN1CCN(C(c2ccccc2)c2ccc(Cl)cc2)CC1. The third-order valence-electron chi connectivity index (χ3n) is 6.77. The van der Waals surface area contributed by atoms with Gasteiger partial charge in [-0.2, -0.15) is 0 Å². The summed E-state index contributed by atoms with van der Waals surface area (Å²) in [6, 6.07) is 21.9. The summed E-state index contributed by atoms with van der Waals surface area (Å²) in [5.41, 5.74) is 2.68. The number of aromatic carboxylic acids is 1. The lowest BCUT2D eigenvalue weighted by atomic mass is 9.96. The van der Waals surface area contributed by atoms with Crippen LogP contribution >= 0.6 is 36.4 Å². The first-order valence-corrected chi connectivity index (χ1v) is 13.8. The second kappa shape index (κ2) is 20.2. The van der Waals surface area contributed by atoms with Crippen LogP contribution in [0.1, 0.15) is 27.5 Å². The largest absolute Gasteiger partial charge is 0.493 e. The molecule has 12 heteroatoms. The van der Waals surface area contributed by atoms with Gasteiger partial charge in [-0.25, -0.2) is 4.79 Å². The van der Waals surface area contributed by atoms with Crippen LogP contribution in [-0.4, -0.2) is 99.9 Å². The Labute approximate surface area is 271 Å². The van der Waals surface area contributed by atoms with E-state index >= 15 is 0 Å². The van der Waals surface area contributed by atoms with E-state index in [2.05, 4.69) is 52.3 Å². The van der Waals surface area contributed by atoms with Crippen LogP contribution in [0.4, 0.5) is 0 Å². The molecule has 238 valence electrons. The lowest BCUT2D eigenvalue weighted by molar-refractivity contribution is 0.0522. The maximum atomic E-state index is 10.8. The van der Waals surface area contributed by atoms with Gasteiger partial charge in [-0.1, -0.05) is 54.1 Å². The average Bonchev–Trinajstić information content (AvgIpc) is 3.01. The van der Waals surface area contributed by atoms with Crippen molar-refractivity contribution in [1.82, 2.24) is 9.80 Å². The highest BCUT2D eigenvalue weighted by atomic mass is 35.5. The van der Waals surface area contributed by atoms with Gasteiger partial charge < -0.3 is 29.2 Å². The number of carboxylic acids is 1. The average molecular weight is 660 g/mol. The molecule has 2 N–H and O–H groups in total. The number of methoxy groups -OCH3 is 3. The monoisotopic (exact) mass is 658 g/mol. The first kappa shape index (κ1) is 38.3. The summed E-state index contributed by atoms with van der Waals surface area (Å²) < 4.78 is 20.4. The number of benzene rings is 3. The van der Waals surface area contributed by atoms with E-state index in [1.54, 1.807) is 0 Å². The number of aliphatic hydroxyl groups is 1. The molecule has 3 aromatic carbocycles. The van der Waals surface area contributed by atoms with Gasteiger partial charge in [0.2, 0.25) is 5.75 Å². The zero-order valence-corrected chi connectivity index (χ0v) is 27.0. The van der Waals surface area contributed by atoms with Crippen LogP contribution in [-0.2, 0) is 4.74 Å². The van der Waals surface area contributed by atoms with Gasteiger partial charge in [-0.15, -0.1) is 24.8 Å². The van der Waals surface area contributed by atoms with Crippen LogP contribution in [0.2, 0.25) is 5.02 Å². The molecule has 0 saturated carbocycles. The van der Waals surface area contributed by atoms with Gasteiger partial charge in [0.25, 0.3) is 0 Å². The Bertz CT molecular complexity index is 1190. The Morgan fingerprint density at radius 3 is 1.88 bits per heavy atom. The number of carbonyl (C=O) groups is 1. The van der Waals surface area contributed by atoms with Crippen molar-refractivity contribution in [3.63, 3.8) is 0 Å². The van der Waals surface area contributed by atoms with Crippen LogP contribution in [0.3, 0.4) is 0 Å². The zero-order chi connectivity index (χ0) is 29.6. The molecule has 0 amide bonds. The molecule has 1 unspecified atom stereocenters. The maximum absolute atomic E-state index is 10.8. The molecule has 0 aromatic heterocycles. The number of hydrogen-bond acceptors (Lipinski definition) is 8. The van der Waals surface area contributed by atoms with E-state index in [4.69, 9.17) is 40.8 Å². The molecule has 0 bridgehead atoms. The molecule has 4 rings (SSSR count). The summed E-state index contributed by atoms with van der Waals surface area (Å²) in [7, 11) is 4.33. The molecule has 3 aromatic rings. The highest BCUT2D eigenvalue weighted by Crippen LogP contribution is 2.38. The zero-order valence-electron chi connectivity index (χ0n) is 24.6. The highest BCUT2D eigenvalue weighted by Gasteiger charge is 2.26. The number of ether oxygens (including phenoxy) is 4. The van der Waals surface area contributed by atoms with Crippen molar-refractivity contribution in [1.29, 1.82) is 0 Å². The van der Waals surface area contributed by atoms with Gasteiger partial charge in [0.1, 0.15) is 0 Å². The highest BCUT2D eigenvalue weighted by molar-refractivity contribution is 6.30. The topological polar surface area (TPSA) is 101 Å². The third-order valence-corrected chi connectivity index (χ3v) is 7.02. The number of piperazine rings is 1. The Morgan fingerprint density at radius 2 is 1.40 bits per heavy atom. The Hall–Kier alpha value is -2.76. The Kier molecular flexibility index (Phi) is 18.0. The van der Waals surface area contributed by atoms with Crippen LogP contribution in [0, 0.1) is 0 Å². The van der Waals surface area contributed by atoms with Crippen molar-refractivity contribution in [3.05, 3.63) is 88.4 Å². The lowest BCUT2D eigenvalue weighted by Gasteiger charge is -2.39. The van der Waals surface area contributed by atoms with E-state index in [1.807, 2.05) is 12.1 Å². The molecule has 1 saturated heterocycles. The van der Waals surface area contributed by atoms with Crippen molar-refractivity contribution < 1.29 is 34.0 Å². The quantitative estimate of drug-likeness (QED) is 0.251. The van der Waals surface area contributed by atoms with E-state index in [-0.39, 0.29) is 43.0 Å². The minimum absolute atomic E-state index is 0. The summed E-state index contributed by atoms with van der Waals surface area (Å²) in [6.45, 7) is 6.20. The molecular formula is C31H41Cl3N2O7. The summed E-state index contributed by atoms with van der Waals surface area (Å²) in [5, 5.41) is 18.4. The number of hydrogen-bond donors (Lipinski definition) is 2. The number of rotatable bonds is 12.